The highest BCUT2D eigenvalue weighted by Gasteiger charge is 2.24. The summed E-state index contributed by atoms with van der Waals surface area (Å²) in [6, 6.07) is 7.77. The van der Waals surface area contributed by atoms with Gasteiger partial charge < -0.3 is 16.2 Å². The van der Waals surface area contributed by atoms with Gasteiger partial charge >= 0.3 is 0 Å². The van der Waals surface area contributed by atoms with E-state index in [1.54, 1.807) is 24.3 Å². The molecule has 1 aromatic rings. The van der Waals surface area contributed by atoms with Gasteiger partial charge in [-0.15, -0.1) is 0 Å². The molecular formula is C16H25N3O2. The summed E-state index contributed by atoms with van der Waals surface area (Å²) >= 11 is 0. The van der Waals surface area contributed by atoms with E-state index in [0.29, 0.717) is 24.7 Å². The van der Waals surface area contributed by atoms with Crippen LogP contribution in [0.15, 0.2) is 24.3 Å². The summed E-state index contributed by atoms with van der Waals surface area (Å²) in [6.07, 6.45) is 5.04. The molecule has 0 spiro atoms. The number of carbonyl (C=O) groups is 1. The van der Waals surface area contributed by atoms with Gasteiger partial charge in [0.05, 0.1) is 6.61 Å². The molecule has 0 aromatic heterocycles. The number of nitrogens with two attached hydrogens (primary N) is 1. The zero-order valence-electron chi connectivity index (χ0n) is 12.4. The van der Waals surface area contributed by atoms with Crippen LogP contribution >= 0.6 is 0 Å². The van der Waals surface area contributed by atoms with Crippen molar-refractivity contribution in [1.82, 2.24) is 4.90 Å². The second-order valence-electron chi connectivity index (χ2n) is 5.62. The third-order valence-electron chi connectivity index (χ3n) is 4.02. The molecule has 0 atom stereocenters. The van der Waals surface area contributed by atoms with Crippen molar-refractivity contribution in [1.29, 1.82) is 0 Å². The first kappa shape index (κ1) is 15.8. The van der Waals surface area contributed by atoms with Gasteiger partial charge in [0.25, 0.3) is 0 Å². The highest BCUT2D eigenvalue weighted by atomic mass is 16.3. The number of hydrogen-bond acceptors (Lipinski definition) is 4. The van der Waals surface area contributed by atoms with Gasteiger partial charge in [-0.25, -0.2) is 0 Å². The van der Waals surface area contributed by atoms with Crippen LogP contribution in [0.4, 0.5) is 11.4 Å². The highest BCUT2D eigenvalue weighted by Crippen LogP contribution is 2.24. The molecule has 2 rings (SSSR count). The Hall–Kier alpha value is -1.59. The molecule has 0 aliphatic heterocycles. The number of carbonyl (C=O) groups excluding carboxylic acids is 1. The molecule has 0 radical (unpaired) electrons. The lowest BCUT2D eigenvalue weighted by Gasteiger charge is -2.37. The summed E-state index contributed by atoms with van der Waals surface area (Å²) in [6.45, 7) is 1.78. The monoisotopic (exact) mass is 291 g/mol. The first-order valence-electron chi connectivity index (χ1n) is 7.69. The fourth-order valence-corrected chi connectivity index (χ4v) is 2.59. The second-order valence-corrected chi connectivity index (χ2v) is 5.62. The standard InChI is InChI=1S/C16H25N3O2/c17-13-6-8-14(9-7-13)18-16(21)5-2-10-19(11-12-20)15-3-1-4-15/h6-9,15,20H,1-5,10-12,17H2,(H,18,21). The normalized spacial score (nSPS) is 15.0. The van der Waals surface area contributed by atoms with Crippen LogP contribution in [-0.2, 0) is 4.79 Å². The molecule has 0 heterocycles. The molecule has 4 N–H and O–H groups in total. The largest absolute Gasteiger partial charge is 0.399 e. The van der Waals surface area contributed by atoms with Crippen molar-refractivity contribution in [2.75, 3.05) is 30.7 Å². The topological polar surface area (TPSA) is 78.6 Å². The number of anilines is 2. The lowest BCUT2D eigenvalue weighted by atomic mass is 9.91. The second kappa shape index (κ2) is 8.00. The fraction of sp³-hybridized carbons (Fsp3) is 0.562. The van der Waals surface area contributed by atoms with Crippen LogP contribution in [0.3, 0.4) is 0 Å². The van der Waals surface area contributed by atoms with Gasteiger partial charge in [0.1, 0.15) is 0 Å². The van der Waals surface area contributed by atoms with E-state index < -0.39 is 0 Å². The number of aliphatic hydroxyl groups excluding tert-OH is 1. The van der Waals surface area contributed by atoms with Crippen LogP contribution in [0, 0.1) is 0 Å². The van der Waals surface area contributed by atoms with Crippen molar-refractivity contribution in [3.05, 3.63) is 24.3 Å². The fourth-order valence-electron chi connectivity index (χ4n) is 2.59. The minimum atomic E-state index is 0.0253. The lowest BCUT2D eigenvalue weighted by Crippen LogP contribution is -2.42. The Morgan fingerprint density at radius 1 is 1.29 bits per heavy atom. The summed E-state index contributed by atoms with van der Waals surface area (Å²) in [5.41, 5.74) is 7.07. The molecule has 0 saturated heterocycles. The number of benzene rings is 1. The molecule has 1 fully saturated rings. The molecule has 1 aliphatic rings. The first-order valence-corrected chi connectivity index (χ1v) is 7.69. The SMILES string of the molecule is Nc1ccc(NC(=O)CCCN(CCO)C2CCC2)cc1. The Labute approximate surface area is 126 Å². The summed E-state index contributed by atoms with van der Waals surface area (Å²) in [5.74, 6) is 0.0253. The Kier molecular flexibility index (Phi) is 6.02. The van der Waals surface area contributed by atoms with Crippen molar-refractivity contribution < 1.29 is 9.90 Å². The third-order valence-corrected chi connectivity index (χ3v) is 4.02. The highest BCUT2D eigenvalue weighted by molar-refractivity contribution is 5.90. The summed E-state index contributed by atoms with van der Waals surface area (Å²) < 4.78 is 0. The maximum absolute atomic E-state index is 11.9. The Bertz CT molecular complexity index is 443. The average molecular weight is 291 g/mol. The van der Waals surface area contributed by atoms with E-state index in [-0.39, 0.29) is 12.5 Å². The van der Waals surface area contributed by atoms with E-state index in [9.17, 15) is 4.79 Å². The van der Waals surface area contributed by atoms with Crippen LogP contribution in [0.5, 0.6) is 0 Å². The van der Waals surface area contributed by atoms with E-state index in [0.717, 1.165) is 18.7 Å². The minimum absolute atomic E-state index is 0.0253. The van der Waals surface area contributed by atoms with Gasteiger partial charge in [0.2, 0.25) is 5.91 Å². The summed E-state index contributed by atoms with van der Waals surface area (Å²) in [7, 11) is 0. The molecule has 116 valence electrons. The molecule has 1 saturated carbocycles. The number of aliphatic hydroxyl groups is 1. The number of rotatable bonds is 8. The van der Waals surface area contributed by atoms with E-state index in [4.69, 9.17) is 10.8 Å². The van der Waals surface area contributed by atoms with Crippen LogP contribution in [-0.4, -0.2) is 41.7 Å². The van der Waals surface area contributed by atoms with E-state index in [1.807, 2.05) is 0 Å². The van der Waals surface area contributed by atoms with E-state index in [1.165, 1.54) is 19.3 Å². The molecule has 1 amide bonds. The van der Waals surface area contributed by atoms with Crippen molar-refractivity contribution in [3.8, 4) is 0 Å². The smallest absolute Gasteiger partial charge is 0.224 e. The van der Waals surface area contributed by atoms with Crippen LogP contribution < -0.4 is 11.1 Å². The molecule has 0 bridgehead atoms. The Morgan fingerprint density at radius 3 is 2.57 bits per heavy atom. The lowest BCUT2D eigenvalue weighted by molar-refractivity contribution is -0.116. The van der Waals surface area contributed by atoms with Crippen molar-refractivity contribution >= 4 is 17.3 Å². The predicted octanol–water partition coefficient (Wildman–Crippen LogP) is 1.83. The van der Waals surface area contributed by atoms with E-state index in [2.05, 4.69) is 10.2 Å². The number of nitrogen functional groups attached to an aromatic ring is 1. The van der Waals surface area contributed by atoms with Crippen molar-refractivity contribution in [2.45, 2.75) is 38.1 Å². The molecule has 1 aromatic carbocycles. The molecule has 1 aliphatic carbocycles. The quantitative estimate of drug-likeness (QED) is 0.639. The number of nitrogens with zero attached hydrogens (tertiary/aromatic N) is 1. The van der Waals surface area contributed by atoms with Gasteiger partial charge in [-0.05, 0) is 50.1 Å². The molecular weight excluding hydrogens is 266 g/mol. The molecule has 0 unspecified atom stereocenters. The number of nitrogens with one attached hydrogen (secondary N) is 1. The predicted molar refractivity (Wildman–Crippen MR) is 85.0 cm³/mol. The van der Waals surface area contributed by atoms with Gasteiger partial charge in [-0.2, -0.15) is 0 Å². The zero-order valence-corrected chi connectivity index (χ0v) is 12.4. The Balaban J connectivity index is 1.69. The third kappa shape index (κ3) is 5.02. The Morgan fingerprint density at radius 2 is 2.00 bits per heavy atom. The van der Waals surface area contributed by atoms with Crippen LogP contribution in [0.25, 0.3) is 0 Å². The van der Waals surface area contributed by atoms with Gasteiger partial charge in [0, 0.05) is 30.4 Å². The summed E-state index contributed by atoms with van der Waals surface area (Å²) in [4.78, 5) is 14.2. The number of amides is 1. The van der Waals surface area contributed by atoms with Gasteiger partial charge in [-0.1, -0.05) is 6.42 Å². The van der Waals surface area contributed by atoms with Crippen molar-refractivity contribution in [3.63, 3.8) is 0 Å². The maximum atomic E-state index is 11.9. The van der Waals surface area contributed by atoms with Crippen LogP contribution in [0.1, 0.15) is 32.1 Å². The molecule has 21 heavy (non-hydrogen) atoms. The molecule has 5 nitrogen and oxygen atoms in total. The van der Waals surface area contributed by atoms with Gasteiger partial charge in [-0.3, -0.25) is 9.69 Å². The van der Waals surface area contributed by atoms with E-state index >= 15 is 0 Å². The van der Waals surface area contributed by atoms with Gasteiger partial charge in [0.15, 0.2) is 0 Å². The minimum Gasteiger partial charge on any atom is -0.399 e. The maximum Gasteiger partial charge on any atom is 0.224 e. The zero-order chi connectivity index (χ0) is 15.1. The van der Waals surface area contributed by atoms with Crippen molar-refractivity contribution in [2.24, 2.45) is 0 Å². The molecule has 5 heteroatoms. The first-order chi connectivity index (χ1) is 10.2. The summed E-state index contributed by atoms with van der Waals surface area (Å²) in [5, 5.41) is 12.0. The van der Waals surface area contributed by atoms with Crippen LogP contribution in [0.2, 0.25) is 0 Å². The number of hydrogen-bond donors (Lipinski definition) is 3. The average Bonchev–Trinajstić information content (AvgIpc) is 2.39.